The van der Waals surface area contributed by atoms with Crippen LogP contribution in [-0.2, 0) is 19.4 Å². The van der Waals surface area contributed by atoms with Crippen molar-refractivity contribution in [1.82, 2.24) is 15.0 Å². The van der Waals surface area contributed by atoms with Gasteiger partial charge in [-0.25, -0.2) is 0 Å². The van der Waals surface area contributed by atoms with Crippen LogP contribution in [0.3, 0.4) is 0 Å². The van der Waals surface area contributed by atoms with Crippen LogP contribution in [0.1, 0.15) is 225 Å². The van der Waals surface area contributed by atoms with Crippen molar-refractivity contribution in [3.05, 3.63) is 54.2 Å². The van der Waals surface area contributed by atoms with E-state index in [0.717, 1.165) is 68.9 Å². The topological polar surface area (TPSA) is 117 Å². The van der Waals surface area contributed by atoms with Gasteiger partial charge in [0.2, 0.25) is 0 Å². The number of nitro groups is 2. The normalized spacial score (nSPS) is 11.7. The zero-order valence-electron chi connectivity index (χ0n) is 38.3. The summed E-state index contributed by atoms with van der Waals surface area (Å²) in [4.78, 5) is 28.0. The van der Waals surface area contributed by atoms with Crippen molar-refractivity contribution in [3.8, 4) is 20.9 Å². The lowest BCUT2D eigenvalue weighted by atomic mass is 9.99. The molecule has 0 atom stereocenters. The first-order valence-corrected chi connectivity index (χ1v) is 26.5. The lowest BCUT2D eigenvalue weighted by Crippen LogP contribution is -2.02. The summed E-state index contributed by atoms with van der Waals surface area (Å²) < 4.78 is 0. The van der Waals surface area contributed by atoms with Crippen molar-refractivity contribution in [2.24, 2.45) is 0 Å². The molecule has 0 unspecified atom stereocenters. The molecule has 9 nitrogen and oxygen atoms in total. The summed E-state index contributed by atoms with van der Waals surface area (Å²) in [6.07, 6.45) is 39.1. The Bertz CT molecular complexity index is 1710. The van der Waals surface area contributed by atoms with Gasteiger partial charge in [-0.05, 0) is 66.1 Å². The van der Waals surface area contributed by atoms with E-state index in [1.165, 1.54) is 170 Å². The lowest BCUT2D eigenvalue weighted by Gasteiger charge is -2.07. The van der Waals surface area contributed by atoms with E-state index in [2.05, 4.69) is 31.5 Å². The van der Waals surface area contributed by atoms with Gasteiger partial charge in [-0.2, -0.15) is 15.0 Å². The number of nitrogens with zero attached hydrogens (tertiary/aromatic N) is 5. The van der Waals surface area contributed by atoms with Gasteiger partial charge in [-0.1, -0.05) is 194 Å². The van der Waals surface area contributed by atoms with Crippen LogP contribution in [0.15, 0.2) is 22.9 Å². The molecule has 0 aliphatic carbocycles. The van der Waals surface area contributed by atoms with Crippen molar-refractivity contribution in [2.45, 2.75) is 233 Å². The van der Waals surface area contributed by atoms with Crippen LogP contribution in [0, 0.1) is 20.2 Å². The third-order valence-electron chi connectivity index (χ3n) is 12.3. The molecule has 0 aliphatic heterocycles. The van der Waals surface area contributed by atoms with E-state index < -0.39 is 21.2 Å². The van der Waals surface area contributed by atoms with Gasteiger partial charge in [-0.15, -0.1) is 22.7 Å². The van der Waals surface area contributed by atoms with E-state index in [4.69, 9.17) is 10.2 Å². The highest BCUT2D eigenvalue weighted by atomic mass is 32.1. The van der Waals surface area contributed by atoms with Gasteiger partial charge < -0.3 is 0 Å². The summed E-state index contributed by atoms with van der Waals surface area (Å²) in [5.74, 6) is 0. The van der Waals surface area contributed by atoms with E-state index in [9.17, 15) is 20.2 Å². The van der Waals surface area contributed by atoms with Crippen LogP contribution in [0.4, 0.5) is 11.4 Å². The van der Waals surface area contributed by atoms with Gasteiger partial charge >= 0.3 is 11.4 Å². The Kier molecular flexibility index (Phi) is 24.8. The average Bonchev–Trinajstić information content (AvgIpc) is 4.02. The largest absolute Gasteiger partial charge is 0.357 e. The maximum absolute atomic E-state index is 13.1. The van der Waals surface area contributed by atoms with E-state index in [0.29, 0.717) is 27.3 Å². The molecule has 0 N–H and O–H groups in total. The van der Waals surface area contributed by atoms with Crippen molar-refractivity contribution in [2.75, 3.05) is 0 Å². The summed E-state index contributed by atoms with van der Waals surface area (Å²) in [6, 6.07) is 4.00. The van der Waals surface area contributed by atoms with Crippen molar-refractivity contribution >= 4 is 45.1 Å². The maximum atomic E-state index is 13.1. The van der Waals surface area contributed by atoms with Crippen molar-refractivity contribution < 1.29 is 9.85 Å². The zero-order valence-corrected chi connectivity index (χ0v) is 40.0. The Morgan fingerprint density at radius 2 is 0.754 bits per heavy atom. The summed E-state index contributed by atoms with van der Waals surface area (Å²) in [5.41, 5.74) is 2.50. The van der Waals surface area contributed by atoms with E-state index in [1.807, 2.05) is 12.1 Å². The lowest BCUT2D eigenvalue weighted by molar-refractivity contribution is -0.421. The third-order valence-corrected chi connectivity index (χ3v) is 14.3. The number of rotatable bonds is 37. The molecule has 0 saturated heterocycles. The van der Waals surface area contributed by atoms with Gasteiger partial charge in [0.15, 0.2) is 0 Å². The van der Waals surface area contributed by atoms with Gasteiger partial charge in [0.05, 0.1) is 16.4 Å². The number of fused-ring (bicyclic) bond motifs is 1. The summed E-state index contributed by atoms with van der Waals surface area (Å²) in [5, 5.41) is 40.1. The maximum Gasteiger partial charge on any atom is 0.357 e. The first-order chi connectivity index (χ1) is 29.9. The van der Waals surface area contributed by atoms with Crippen molar-refractivity contribution in [3.63, 3.8) is 0 Å². The fourth-order valence-corrected chi connectivity index (χ4v) is 10.7. The number of nitro benzene ring substituents is 2. The molecule has 0 radical (unpaired) electrons. The van der Waals surface area contributed by atoms with Crippen LogP contribution >= 0.6 is 22.7 Å². The molecule has 0 spiro atoms. The molecule has 4 rings (SSSR count). The SMILES string of the molecule is CCCCCCCCCCCCc1csc(-c2c([N+](=O)[O-])c([N+](=O)[O-])c(-c3cc(CCCCCCCCCCCC)cs3)c3nn(CCCCCCCCCCCC)nc23)c1. The number of hydrogen-bond acceptors (Lipinski definition) is 8. The van der Waals surface area contributed by atoms with Crippen LogP contribution in [0.2, 0.25) is 0 Å². The molecule has 4 aromatic rings. The van der Waals surface area contributed by atoms with Gasteiger partial charge in [0.25, 0.3) is 0 Å². The quantitative estimate of drug-likeness (QED) is 0.0253. The Morgan fingerprint density at radius 3 is 1.07 bits per heavy atom. The number of unbranched alkanes of at least 4 members (excludes halogenated alkanes) is 27. The first-order valence-electron chi connectivity index (χ1n) is 24.8. The minimum Gasteiger partial charge on any atom is -0.258 e. The second-order valence-corrected chi connectivity index (χ2v) is 19.5. The van der Waals surface area contributed by atoms with E-state index in [-0.39, 0.29) is 11.1 Å². The fourth-order valence-electron chi connectivity index (χ4n) is 8.72. The van der Waals surface area contributed by atoms with E-state index in [1.54, 1.807) is 4.80 Å². The Balaban J connectivity index is 1.53. The average molecular weight is 878 g/mol. The van der Waals surface area contributed by atoms with Crippen LogP contribution < -0.4 is 0 Å². The standard InChI is InChI=1S/C50H79N5O4S2/c1-4-7-10-13-16-19-22-25-28-31-34-41-37-43(60-39-41)45-47-48(52-53(51-47)36-33-30-27-24-21-18-15-12-9-6-3)46(50(55(58)59)49(45)54(56)57)44-38-42(40-61-44)35-32-29-26-23-20-17-14-11-8-5-2/h37-40H,4-36H2,1-3H3. The molecule has 0 bridgehead atoms. The predicted molar refractivity (Wildman–Crippen MR) is 260 cm³/mol. The first kappa shape index (κ1) is 50.5. The molecule has 0 fully saturated rings. The molecule has 11 heteroatoms. The van der Waals surface area contributed by atoms with Gasteiger partial charge in [0, 0.05) is 9.75 Å². The molecule has 0 aliphatic rings. The summed E-state index contributed by atoms with van der Waals surface area (Å²) in [6.45, 7) is 7.32. The number of hydrogen-bond donors (Lipinski definition) is 0. The smallest absolute Gasteiger partial charge is 0.258 e. The van der Waals surface area contributed by atoms with Crippen LogP contribution in [0.5, 0.6) is 0 Å². The summed E-state index contributed by atoms with van der Waals surface area (Å²) in [7, 11) is 0. The van der Waals surface area contributed by atoms with Gasteiger partial charge in [0.1, 0.15) is 22.2 Å². The highest BCUT2D eigenvalue weighted by molar-refractivity contribution is 7.14. The highest BCUT2D eigenvalue weighted by Crippen LogP contribution is 2.51. The second-order valence-electron chi connectivity index (χ2n) is 17.6. The minimum absolute atomic E-state index is 0.228. The molecule has 340 valence electrons. The molecule has 3 heterocycles. The Morgan fingerprint density at radius 1 is 0.459 bits per heavy atom. The Labute approximate surface area is 376 Å². The van der Waals surface area contributed by atoms with E-state index >= 15 is 0 Å². The number of aromatic nitrogens is 3. The molecule has 0 amide bonds. The summed E-state index contributed by atoms with van der Waals surface area (Å²) >= 11 is 2.84. The molecule has 3 aromatic heterocycles. The fraction of sp³-hybridized carbons (Fsp3) is 0.720. The van der Waals surface area contributed by atoms with Crippen molar-refractivity contribution in [1.29, 1.82) is 0 Å². The predicted octanol–water partition coefficient (Wildman–Crippen LogP) is 17.6. The molecule has 0 saturated carbocycles. The number of benzene rings is 1. The monoisotopic (exact) mass is 878 g/mol. The number of thiophene rings is 2. The molecular formula is C50H79N5O4S2. The third kappa shape index (κ3) is 17.5. The van der Waals surface area contributed by atoms with Crippen LogP contribution in [-0.4, -0.2) is 24.8 Å². The van der Waals surface area contributed by atoms with Gasteiger partial charge in [-0.3, -0.25) is 20.2 Å². The zero-order chi connectivity index (χ0) is 43.5. The second kappa shape index (κ2) is 30.0. The molecular weight excluding hydrogens is 799 g/mol. The Hall–Kier alpha value is -3.18. The highest BCUT2D eigenvalue weighted by Gasteiger charge is 2.40. The molecule has 1 aromatic carbocycles. The molecule has 61 heavy (non-hydrogen) atoms. The number of aryl methyl sites for hydroxylation is 3. The van der Waals surface area contributed by atoms with Crippen LogP contribution in [0.25, 0.3) is 31.9 Å². The minimum atomic E-state index is -0.558.